The molecule has 1 atom stereocenters. The molecule has 0 bridgehead atoms. The van der Waals surface area contributed by atoms with Crippen LogP contribution in [0.15, 0.2) is 60.5 Å². The van der Waals surface area contributed by atoms with E-state index in [4.69, 9.17) is 15.6 Å². The average Bonchev–Trinajstić information content (AvgIpc) is 3.29. The number of amides is 1. The van der Waals surface area contributed by atoms with Gasteiger partial charge in [-0.1, -0.05) is 6.58 Å². The van der Waals surface area contributed by atoms with Gasteiger partial charge < -0.3 is 20.8 Å². The fourth-order valence-electron chi connectivity index (χ4n) is 4.08. The van der Waals surface area contributed by atoms with E-state index in [1.54, 1.807) is 47.2 Å². The quantitative estimate of drug-likeness (QED) is 0.166. The van der Waals surface area contributed by atoms with Gasteiger partial charge in [0.1, 0.15) is 17.1 Å². The molecule has 1 fully saturated rings. The van der Waals surface area contributed by atoms with Crippen LogP contribution < -0.4 is 15.9 Å². The molecular formula is C24H26N8O3. The molecule has 35 heavy (non-hydrogen) atoms. The van der Waals surface area contributed by atoms with E-state index in [9.17, 15) is 9.59 Å². The van der Waals surface area contributed by atoms with Gasteiger partial charge in [0, 0.05) is 38.1 Å². The fourth-order valence-corrected chi connectivity index (χ4v) is 4.08. The lowest BCUT2D eigenvalue weighted by Crippen LogP contribution is -2.40. The molecule has 1 aromatic carbocycles. The van der Waals surface area contributed by atoms with Crippen LogP contribution in [0, 0.1) is 0 Å². The number of nitrogens with two attached hydrogens (primary N) is 1. The Labute approximate surface area is 202 Å². The Kier molecular flexibility index (Phi) is 7.15. The molecule has 0 aliphatic carbocycles. The number of aromatic nitrogens is 4. The van der Waals surface area contributed by atoms with Crippen LogP contribution in [0.5, 0.6) is 11.8 Å². The van der Waals surface area contributed by atoms with Crippen molar-refractivity contribution in [3.05, 3.63) is 66.6 Å². The summed E-state index contributed by atoms with van der Waals surface area (Å²) in [6, 6.07) is 8.87. The summed E-state index contributed by atoms with van der Waals surface area (Å²) in [6.07, 6.45) is 6.74. The number of piperidine rings is 1. The molecule has 2 aromatic heterocycles. The SMILES string of the molecule is C=CC(=O)N1CCCC(n2nc(-c3ccc(Oc4ncccn4)cc3)c(/C(N)=N\NC)c2C=O)C1. The molecule has 1 saturated heterocycles. The smallest absolute Gasteiger partial charge is 0.321 e. The first-order valence-electron chi connectivity index (χ1n) is 11.1. The molecule has 4 rings (SSSR count). The largest absolute Gasteiger partial charge is 0.424 e. The van der Waals surface area contributed by atoms with E-state index in [-0.39, 0.29) is 23.8 Å². The number of benzene rings is 1. The third-order valence-electron chi connectivity index (χ3n) is 5.66. The summed E-state index contributed by atoms with van der Waals surface area (Å²) in [5, 5.41) is 8.87. The summed E-state index contributed by atoms with van der Waals surface area (Å²) in [6.45, 7) is 4.62. The van der Waals surface area contributed by atoms with Gasteiger partial charge in [0.2, 0.25) is 5.91 Å². The zero-order valence-corrected chi connectivity index (χ0v) is 19.3. The van der Waals surface area contributed by atoms with E-state index >= 15 is 0 Å². The highest BCUT2D eigenvalue weighted by Crippen LogP contribution is 2.31. The molecule has 0 radical (unpaired) electrons. The highest BCUT2D eigenvalue weighted by atomic mass is 16.5. The van der Waals surface area contributed by atoms with Crippen LogP contribution in [-0.4, -0.2) is 62.8 Å². The number of nitrogens with zero attached hydrogens (tertiary/aromatic N) is 6. The minimum Gasteiger partial charge on any atom is -0.424 e. The summed E-state index contributed by atoms with van der Waals surface area (Å²) >= 11 is 0. The molecule has 1 amide bonds. The van der Waals surface area contributed by atoms with Gasteiger partial charge in [0.15, 0.2) is 12.1 Å². The van der Waals surface area contributed by atoms with Crippen molar-refractivity contribution < 1.29 is 14.3 Å². The topological polar surface area (TPSA) is 141 Å². The van der Waals surface area contributed by atoms with Crippen LogP contribution in [0.1, 0.15) is 34.9 Å². The third kappa shape index (κ3) is 5.03. The van der Waals surface area contributed by atoms with E-state index in [0.29, 0.717) is 41.4 Å². The Morgan fingerprint density at radius 1 is 1.29 bits per heavy atom. The second-order valence-corrected chi connectivity index (χ2v) is 7.83. The number of hydrogen-bond donors (Lipinski definition) is 2. The van der Waals surface area contributed by atoms with Crippen LogP contribution in [0.25, 0.3) is 11.3 Å². The van der Waals surface area contributed by atoms with E-state index < -0.39 is 0 Å². The average molecular weight is 475 g/mol. The molecule has 1 unspecified atom stereocenters. The monoisotopic (exact) mass is 474 g/mol. The molecule has 3 aromatic rings. The molecule has 1 aliphatic heterocycles. The minimum atomic E-state index is -0.194. The van der Waals surface area contributed by atoms with Crippen LogP contribution >= 0.6 is 0 Å². The lowest BCUT2D eigenvalue weighted by molar-refractivity contribution is -0.127. The van der Waals surface area contributed by atoms with Crippen molar-refractivity contribution in [2.45, 2.75) is 18.9 Å². The van der Waals surface area contributed by atoms with Crippen LogP contribution in [-0.2, 0) is 4.79 Å². The van der Waals surface area contributed by atoms with Crippen molar-refractivity contribution in [3.63, 3.8) is 0 Å². The zero-order chi connectivity index (χ0) is 24.8. The number of carbonyl (C=O) groups excluding carboxylic acids is 2. The summed E-state index contributed by atoms with van der Waals surface area (Å²) < 4.78 is 7.32. The summed E-state index contributed by atoms with van der Waals surface area (Å²) in [5.74, 6) is 0.521. The summed E-state index contributed by atoms with van der Waals surface area (Å²) in [4.78, 5) is 34.3. The van der Waals surface area contributed by atoms with Gasteiger partial charge >= 0.3 is 6.01 Å². The number of aldehydes is 1. The van der Waals surface area contributed by atoms with E-state index in [0.717, 1.165) is 19.1 Å². The van der Waals surface area contributed by atoms with Crippen LogP contribution in [0.4, 0.5) is 0 Å². The van der Waals surface area contributed by atoms with Crippen molar-refractivity contribution in [1.82, 2.24) is 30.1 Å². The Morgan fingerprint density at radius 2 is 2.03 bits per heavy atom. The minimum absolute atomic E-state index is 0.128. The first-order chi connectivity index (χ1) is 17.0. The molecular weight excluding hydrogens is 448 g/mol. The van der Waals surface area contributed by atoms with Crippen molar-refractivity contribution in [2.75, 3.05) is 20.1 Å². The van der Waals surface area contributed by atoms with E-state index in [1.807, 2.05) is 12.1 Å². The predicted octanol–water partition coefficient (Wildman–Crippen LogP) is 2.13. The highest BCUT2D eigenvalue weighted by Gasteiger charge is 2.30. The molecule has 11 heteroatoms. The summed E-state index contributed by atoms with van der Waals surface area (Å²) in [5.41, 5.74) is 10.8. The first-order valence-corrected chi connectivity index (χ1v) is 11.1. The van der Waals surface area contributed by atoms with Crippen molar-refractivity contribution in [2.24, 2.45) is 10.8 Å². The van der Waals surface area contributed by atoms with Gasteiger partial charge in [-0.05, 0) is 49.2 Å². The fraction of sp³-hybridized carbons (Fsp3) is 0.250. The third-order valence-corrected chi connectivity index (χ3v) is 5.66. The number of nitrogens with one attached hydrogen (secondary N) is 1. The number of amidine groups is 1. The van der Waals surface area contributed by atoms with Crippen molar-refractivity contribution in [3.8, 4) is 23.0 Å². The Bertz CT molecular complexity index is 1240. The van der Waals surface area contributed by atoms with Gasteiger partial charge in [-0.25, -0.2) is 9.97 Å². The second-order valence-electron chi connectivity index (χ2n) is 7.83. The summed E-state index contributed by atoms with van der Waals surface area (Å²) in [7, 11) is 1.62. The van der Waals surface area contributed by atoms with Gasteiger partial charge in [-0.15, -0.1) is 0 Å². The van der Waals surface area contributed by atoms with Gasteiger partial charge in [0.25, 0.3) is 0 Å². The maximum Gasteiger partial charge on any atom is 0.321 e. The number of carbonyl (C=O) groups is 2. The Hall–Kier alpha value is -4.54. The number of likely N-dealkylation sites (tertiary alicyclic amines) is 1. The number of rotatable bonds is 8. The number of hydrazone groups is 1. The molecule has 1 aliphatic rings. The maximum absolute atomic E-state index is 12.3. The molecule has 3 heterocycles. The Morgan fingerprint density at radius 3 is 2.69 bits per heavy atom. The Balaban J connectivity index is 1.73. The predicted molar refractivity (Wildman–Crippen MR) is 130 cm³/mol. The van der Waals surface area contributed by atoms with E-state index in [2.05, 4.69) is 27.1 Å². The van der Waals surface area contributed by atoms with Crippen LogP contribution in [0.2, 0.25) is 0 Å². The van der Waals surface area contributed by atoms with Crippen LogP contribution in [0.3, 0.4) is 0 Å². The molecule has 180 valence electrons. The standard InChI is InChI=1S/C24H26N8O3/c1-3-20(34)31-13-4-6-17(14-31)32-19(15-33)21(23(25)29-26-2)22(30-32)16-7-9-18(10-8-16)35-24-27-11-5-12-28-24/h3,5,7-12,15,17,26H,1,4,6,13-14H2,2H3,(H2,25,29). The second kappa shape index (κ2) is 10.6. The molecule has 3 N–H and O–H groups in total. The lowest BCUT2D eigenvalue weighted by atomic mass is 10.0. The molecule has 0 spiro atoms. The number of hydrogen-bond acceptors (Lipinski definition) is 8. The van der Waals surface area contributed by atoms with Gasteiger partial charge in [0.05, 0.1) is 11.6 Å². The van der Waals surface area contributed by atoms with Crippen molar-refractivity contribution in [1.29, 1.82) is 0 Å². The normalized spacial score (nSPS) is 16.0. The lowest BCUT2D eigenvalue weighted by Gasteiger charge is -2.32. The molecule has 0 saturated carbocycles. The van der Waals surface area contributed by atoms with E-state index in [1.165, 1.54) is 6.08 Å². The molecule has 11 nitrogen and oxygen atoms in total. The zero-order valence-electron chi connectivity index (χ0n) is 19.3. The maximum atomic E-state index is 12.3. The highest BCUT2D eigenvalue weighted by molar-refractivity contribution is 6.07. The van der Waals surface area contributed by atoms with Gasteiger partial charge in [-0.2, -0.15) is 10.2 Å². The number of ether oxygens (including phenoxy) is 1. The first kappa shape index (κ1) is 23.6. The van der Waals surface area contributed by atoms with Gasteiger partial charge in [-0.3, -0.25) is 14.3 Å². The van der Waals surface area contributed by atoms with Crippen molar-refractivity contribution >= 4 is 18.0 Å².